The molecule has 1 heterocycles. The molecule has 0 saturated heterocycles. The van der Waals surface area contributed by atoms with E-state index in [0.29, 0.717) is 6.61 Å². The molecule has 14 heavy (non-hydrogen) atoms. The minimum absolute atomic E-state index is 0.0887. The van der Waals surface area contributed by atoms with Crippen LogP contribution in [0.2, 0.25) is 0 Å². The van der Waals surface area contributed by atoms with Gasteiger partial charge in [0.1, 0.15) is 5.75 Å². The molecule has 0 amide bonds. The van der Waals surface area contributed by atoms with E-state index < -0.39 is 0 Å². The number of hydrogen-bond donors (Lipinski definition) is 1. The maximum Gasteiger partial charge on any atom is 0.138 e. The molecule has 0 aliphatic heterocycles. The van der Waals surface area contributed by atoms with Gasteiger partial charge in [0.25, 0.3) is 0 Å². The second-order valence-corrected chi connectivity index (χ2v) is 5.18. The first-order valence-corrected chi connectivity index (χ1v) is 5.80. The van der Waals surface area contributed by atoms with E-state index in [0.717, 1.165) is 16.0 Å². The number of hydrogen-bond acceptors (Lipinski definition) is 3. The Labute approximate surface area is 98.6 Å². The molecule has 1 aromatic heterocycles. The largest absolute Gasteiger partial charge is 0.491 e. The van der Waals surface area contributed by atoms with Gasteiger partial charge in [0.15, 0.2) is 0 Å². The van der Waals surface area contributed by atoms with Crippen molar-refractivity contribution in [2.24, 2.45) is 5.41 Å². The summed E-state index contributed by atoms with van der Waals surface area (Å²) in [6.45, 7) is 4.88. The Kier molecular flexibility index (Phi) is 4.26. The molecule has 0 aliphatic carbocycles. The third-order valence-corrected chi connectivity index (χ3v) is 3.03. The quantitative estimate of drug-likeness (QED) is 0.853. The van der Waals surface area contributed by atoms with Crippen LogP contribution in [-0.4, -0.2) is 17.3 Å². The van der Waals surface area contributed by atoms with Crippen LogP contribution in [0.4, 0.5) is 0 Å². The lowest BCUT2D eigenvalue weighted by atomic mass is 9.98. The molecule has 0 bridgehead atoms. The standard InChI is InChI=1S/C10H14BrNOS/c1-10(2,7-14)6-13-9-3-8(11)4-12-5-9/h3-5,14H,6-7H2,1-2H3. The van der Waals surface area contributed by atoms with Crippen molar-refractivity contribution in [1.29, 1.82) is 0 Å². The molecule has 78 valence electrons. The van der Waals surface area contributed by atoms with Crippen LogP contribution >= 0.6 is 28.6 Å². The van der Waals surface area contributed by atoms with Gasteiger partial charge >= 0.3 is 0 Å². The Balaban J connectivity index is 2.54. The fourth-order valence-corrected chi connectivity index (χ4v) is 1.23. The smallest absolute Gasteiger partial charge is 0.138 e. The lowest BCUT2D eigenvalue weighted by molar-refractivity contribution is 0.201. The van der Waals surface area contributed by atoms with Crippen LogP contribution in [0.5, 0.6) is 5.75 Å². The second kappa shape index (κ2) is 5.03. The summed E-state index contributed by atoms with van der Waals surface area (Å²) in [7, 11) is 0. The van der Waals surface area contributed by atoms with E-state index in [1.54, 1.807) is 12.4 Å². The molecule has 0 unspecified atom stereocenters. The Morgan fingerprint density at radius 2 is 2.21 bits per heavy atom. The summed E-state index contributed by atoms with van der Waals surface area (Å²) < 4.78 is 6.53. The van der Waals surface area contributed by atoms with Gasteiger partial charge in [-0.2, -0.15) is 12.6 Å². The lowest BCUT2D eigenvalue weighted by Crippen LogP contribution is -2.23. The molecule has 1 rings (SSSR count). The molecule has 0 N–H and O–H groups in total. The van der Waals surface area contributed by atoms with Crippen molar-refractivity contribution in [2.45, 2.75) is 13.8 Å². The van der Waals surface area contributed by atoms with Crippen LogP contribution in [0.1, 0.15) is 13.8 Å². The Bertz CT molecular complexity index is 304. The lowest BCUT2D eigenvalue weighted by Gasteiger charge is -2.21. The van der Waals surface area contributed by atoms with Crippen molar-refractivity contribution in [3.8, 4) is 5.75 Å². The van der Waals surface area contributed by atoms with E-state index >= 15 is 0 Å². The highest BCUT2D eigenvalue weighted by atomic mass is 79.9. The SMILES string of the molecule is CC(C)(CS)COc1cncc(Br)c1. The first-order chi connectivity index (χ1) is 6.53. The van der Waals surface area contributed by atoms with Crippen molar-refractivity contribution in [3.63, 3.8) is 0 Å². The van der Waals surface area contributed by atoms with E-state index in [4.69, 9.17) is 4.74 Å². The van der Waals surface area contributed by atoms with E-state index in [1.807, 2.05) is 6.07 Å². The average Bonchev–Trinajstić information content (AvgIpc) is 2.15. The predicted octanol–water partition coefficient (Wildman–Crippen LogP) is 3.18. The van der Waals surface area contributed by atoms with Crippen molar-refractivity contribution >= 4 is 28.6 Å². The van der Waals surface area contributed by atoms with Gasteiger partial charge in [-0.3, -0.25) is 4.98 Å². The number of halogens is 1. The van der Waals surface area contributed by atoms with E-state index in [1.165, 1.54) is 0 Å². The third kappa shape index (κ3) is 3.88. The normalized spacial score (nSPS) is 11.4. The zero-order chi connectivity index (χ0) is 10.6. The average molecular weight is 276 g/mol. The summed E-state index contributed by atoms with van der Waals surface area (Å²) >= 11 is 7.61. The molecule has 0 fully saturated rings. The van der Waals surface area contributed by atoms with Crippen LogP contribution in [0, 0.1) is 5.41 Å². The van der Waals surface area contributed by atoms with Crippen LogP contribution < -0.4 is 4.74 Å². The topological polar surface area (TPSA) is 22.1 Å². The highest BCUT2D eigenvalue weighted by molar-refractivity contribution is 9.10. The van der Waals surface area contributed by atoms with E-state index in [2.05, 4.69) is 47.4 Å². The Morgan fingerprint density at radius 3 is 2.79 bits per heavy atom. The van der Waals surface area contributed by atoms with Gasteiger partial charge in [0.2, 0.25) is 0 Å². The molecule has 4 heteroatoms. The number of nitrogens with zero attached hydrogens (tertiary/aromatic N) is 1. The van der Waals surface area contributed by atoms with Crippen molar-refractivity contribution in [3.05, 3.63) is 22.9 Å². The second-order valence-electron chi connectivity index (χ2n) is 3.95. The maximum absolute atomic E-state index is 5.60. The van der Waals surface area contributed by atoms with Crippen molar-refractivity contribution < 1.29 is 4.74 Å². The Morgan fingerprint density at radius 1 is 1.50 bits per heavy atom. The minimum atomic E-state index is 0.0887. The number of rotatable bonds is 4. The summed E-state index contributed by atoms with van der Waals surface area (Å²) in [5, 5.41) is 0. The van der Waals surface area contributed by atoms with Gasteiger partial charge in [0, 0.05) is 16.1 Å². The fourth-order valence-electron chi connectivity index (χ4n) is 0.796. The molecular formula is C10H14BrNOS. The monoisotopic (exact) mass is 275 g/mol. The van der Waals surface area contributed by atoms with Gasteiger partial charge in [-0.15, -0.1) is 0 Å². The molecule has 1 aromatic rings. The van der Waals surface area contributed by atoms with E-state index in [-0.39, 0.29) is 5.41 Å². The first-order valence-electron chi connectivity index (χ1n) is 4.38. The van der Waals surface area contributed by atoms with Crippen molar-refractivity contribution in [2.75, 3.05) is 12.4 Å². The molecule has 2 nitrogen and oxygen atoms in total. The van der Waals surface area contributed by atoms with E-state index in [9.17, 15) is 0 Å². The van der Waals surface area contributed by atoms with Crippen LogP contribution in [0.25, 0.3) is 0 Å². The third-order valence-electron chi connectivity index (χ3n) is 1.74. The predicted molar refractivity (Wildman–Crippen MR) is 65.1 cm³/mol. The van der Waals surface area contributed by atoms with Gasteiger partial charge in [-0.1, -0.05) is 13.8 Å². The summed E-state index contributed by atoms with van der Waals surface area (Å²) in [6.07, 6.45) is 3.44. The van der Waals surface area contributed by atoms with Gasteiger partial charge in [0.05, 0.1) is 12.8 Å². The Hall–Kier alpha value is -0.220. The number of ether oxygens (including phenoxy) is 1. The zero-order valence-corrected chi connectivity index (χ0v) is 10.8. The molecule has 0 atom stereocenters. The summed E-state index contributed by atoms with van der Waals surface area (Å²) in [4.78, 5) is 4.02. The number of thiol groups is 1. The highest BCUT2D eigenvalue weighted by Gasteiger charge is 2.16. The molecule has 0 radical (unpaired) electrons. The van der Waals surface area contributed by atoms with Crippen LogP contribution in [-0.2, 0) is 0 Å². The van der Waals surface area contributed by atoms with Crippen LogP contribution in [0.15, 0.2) is 22.9 Å². The summed E-state index contributed by atoms with van der Waals surface area (Å²) in [5.41, 5.74) is 0.0887. The molecule has 0 aliphatic rings. The summed E-state index contributed by atoms with van der Waals surface area (Å²) in [5.74, 6) is 1.59. The van der Waals surface area contributed by atoms with Crippen molar-refractivity contribution in [1.82, 2.24) is 4.98 Å². The van der Waals surface area contributed by atoms with Gasteiger partial charge < -0.3 is 4.74 Å². The zero-order valence-electron chi connectivity index (χ0n) is 8.33. The molecule has 0 saturated carbocycles. The van der Waals surface area contributed by atoms with Crippen LogP contribution in [0.3, 0.4) is 0 Å². The fraction of sp³-hybridized carbons (Fsp3) is 0.500. The maximum atomic E-state index is 5.60. The molecular weight excluding hydrogens is 262 g/mol. The minimum Gasteiger partial charge on any atom is -0.491 e. The number of aromatic nitrogens is 1. The first kappa shape index (κ1) is 11.9. The highest BCUT2D eigenvalue weighted by Crippen LogP contribution is 2.21. The van der Waals surface area contributed by atoms with Gasteiger partial charge in [-0.05, 0) is 27.7 Å². The molecule has 0 aromatic carbocycles. The van der Waals surface area contributed by atoms with Gasteiger partial charge in [-0.25, -0.2) is 0 Å². The molecule has 0 spiro atoms. The number of pyridine rings is 1. The summed E-state index contributed by atoms with van der Waals surface area (Å²) in [6, 6.07) is 1.90.